The molecular weight excluding hydrogens is 248 g/mol. The van der Waals surface area contributed by atoms with Crippen LogP contribution in [-0.2, 0) is 6.42 Å². The summed E-state index contributed by atoms with van der Waals surface area (Å²) < 4.78 is 5.48. The Bertz CT molecular complexity index is 568. The summed E-state index contributed by atoms with van der Waals surface area (Å²) in [5, 5.41) is 21.6. The molecule has 0 saturated heterocycles. The maximum absolute atomic E-state index is 10.7. The van der Waals surface area contributed by atoms with E-state index in [1.165, 1.54) is 12.1 Å². The standard InChI is InChI=1S/C12H14N4O3/c1-13-7-3-6-11-14-15-12(19-11)9-4-2-5-10(8-9)16(17)18/h2,4-5,8,13H,3,6-7H2,1H3. The van der Waals surface area contributed by atoms with Crippen molar-refractivity contribution in [2.24, 2.45) is 0 Å². The van der Waals surface area contributed by atoms with Gasteiger partial charge in [-0.2, -0.15) is 0 Å². The molecule has 0 spiro atoms. The molecule has 2 rings (SSSR count). The summed E-state index contributed by atoms with van der Waals surface area (Å²) in [5.41, 5.74) is 0.564. The van der Waals surface area contributed by atoms with Crippen molar-refractivity contribution in [3.63, 3.8) is 0 Å². The third-order valence-corrected chi connectivity index (χ3v) is 2.59. The van der Waals surface area contributed by atoms with Gasteiger partial charge >= 0.3 is 0 Å². The lowest BCUT2D eigenvalue weighted by atomic mass is 10.2. The minimum absolute atomic E-state index is 0.00688. The van der Waals surface area contributed by atoms with Crippen LogP contribution < -0.4 is 5.32 Å². The van der Waals surface area contributed by atoms with Crippen molar-refractivity contribution < 1.29 is 9.34 Å². The predicted octanol–water partition coefficient (Wildman–Crippen LogP) is 1.80. The van der Waals surface area contributed by atoms with Gasteiger partial charge in [0.15, 0.2) is 0 Å². The summed E-state index contributed by atoms with van der Waals surface area (Å²) in [4.78, 5) is 10.2. The smallest absolute Gasteiger partial charge is 0.270 e. The summed E-state index contributed by atoms with van der Waals surface area (Å²) >= 11 is 0. The Labute approximate surface area is 109 Å². The van der Waals surface area contributed by atoms with Crippen LogP contribution in [0.15, 0.2) is 28.7 Å². The molecule has 0 aliphatic carbocycles. The topological polar surface area (TPSA) is 94.1 Å². The summed E-state index contributed by atoms with van der Waals surface area (Å²) in [5.74, 6) is 0.847. The number of benzene rings is 1. The van der Waals surface area contributed by atoms with E-state index in [1.54, 1.807) is 12.1 Å². The SMILES string of the molecule is CNCCCc1nnc(-c2cccc([N+](=O)[O-])c2)o1. The average molecular weight is 262 g/mol. The molecule has 7 nitrogen and oxygen atoms in total. The van der Waals surface area contributed by atoms with Gasteiger partial charge in [0, 0.05) is 24.1 Å². The van der Waals surface area contributed by atoms with Gasteiger partial charge in [-0.25, -0.2) is 0 Å². The van der Waals surface area contributed by atoms with Crippen molar-refractivity contribution in [1.29, 1.82) is 0 Å². The number of aromatic nitrogens is 2. The number of nitrogens with one attached hydrogen (secondary N) is 1. The molecule has 0 atom stereocenters. The predicted molar refractivity (Wildman–Crippen MR) is 68.6 cm³/mol. The molecular formula is C12H14N4O3. The van der Waals surface area contributed by atoms with Crippen molar-refractivity contribution in [3.8, 4) is 11.5 Å². The van der Waals surface area contributed by atoms with Gasteiger partial charge in [0.05, 0.1) is 4.92 Å². The quantitative estimate of drug-likeness (QED) is 0.484. The van der Waals surface area contributed by atoms with Crippen LogP contribution in [0.5, 0.6) is 0 Å². The van der Waals surface area contributed by atoms with Gasteiger partial charge in [0.1, 0.15) is 0 Å². The summed E-state index contributed by atoms with van der Waals surface area (Å²) in [6.45, 7) is 0.870. The number of nitro benzene ring substituents is 1. The zero-order valence-corrected chi connectivity index (χ0v) is 10.5. The zero-order valence-electron chi connectivity index (χ0n) is 10.5. The van der Waals surface area contributed by atoms with E-state index in [0.29, 0.717) is 23.8 Å². The maximum Gasteiger partial charge on any atom is 0.270 e. The first-order chi connectivity index (χ1) is 9.20. The molecule has 0 saturated carbocycles. The molecule has 0 fully saturated rings. The Morgan fingerprint density at radius 3 is 3.00 bits per heavy atom. The van der Waals surface area contributed by atoms with Crippen molar-refractivity contribution in [1.82, 2.24) is 15.5 Å². The Hall–Kier alpha value is -2.28. The van der Waals surface area contributed by atoms with E-state index in [1.807, 2.05) is 7.05 Å². The van der Waals surface area contributed by atoms with Gasteiger partial charge in [-0.3, -0.25) is 10.1 Å². The van der Waals surface area contributed by atoms with Crippen LogP contribution in [0.1, 0.15) is 12.3 Å². The lowest BCUT2D eigenvalue weighted by molar-refractivity contribution is -0.384. The van der Waals surface area contributed by atoms with Crippen LogP contribution >= 0.6 is 0 Å². The van der Waals surface area contributed by atoms with Crippen molar-refractivity contribution in [3.05, 3.63) is 40.3 Å². The fraction of sp³-hybridized carbons (Fsp3) is 0.333. The monoisotopic (exact) mass is 262 g/mol. The molecule has 1 aromatic carbocycles. The van der Waals surface area contributed by atoms with Gasteiger partial charge in [-0.1, -0.05) is 6.07 Å². The minimum atomic E-state index is -0.451. The number of rotatable bonds is 6. The van der Waals surface area contributed by atoms with E-state index < -0.39 is 4.92 Å². The highest BCUT2D eigenvalue weighted by atomic mass is 16.6. The minimum Gasteiger partial charge on any atom is -0.421 e. The van der Waals surface area contributed by atoms with E-state index in [-0.39, 0.29) is 5.69 Å². The third kappa shape index (κ3) is 3.35. The van der Waals surface area contributed by atoms with Crippen LogP contribution in [0, 0.1) is 10.1 Å². The molecule has 0 amide bonds. The van der Waals surface area contributed by atoms with E-state index in [2.05, 4.69) is 15.5 Å². The highest BCUT2D eigenvalue weighted by Gasteiger charge is 2.12. The Morgan fingerprint density at radius 2 is 2.26 bits per heavy atom. The number of non-ortho nitro benzene ring substituents is 1. The highest BCUT2D eigenvalue weighted by Crippen LogP contribution is 2.22. The molecule has 0 unspecified atom stereocenters. The Balaban J connectivity index is 2.13. The molecule has 0 aliphatic rings. The molecule has 1 heterocycles. The van der Waals surface area contributed by atoms with Crippen molar-refractivity contribution >= 4 is 5.69 Å². The Morgan fingerprint density at radius 1 is 1.42 bits per heavy atom. The first-order valence-electron chi connectivity index (χ1n) is 5.92. The summed E-state index contributed by atoms with van der Waals surface area (Å²) in [7, 11) is 1.88. The molecule has 19 heavy (non-hydrogen) atoms. The van der Waals surface area contributed by atoms with Gasteiger partial charge in [0.2, 0.25) is 11.8 Å². The van der Waals surface area contributed by atoms with Crippen LogP contribution in [-0.4, -0.2) is 28.7 Å². The van der Waals surface area contributed by atoms with E-state index in [9.17, 15) is 10.1 Å². The van der Waals surface area contributed by atoms with Crippen LogP contribution in [0.2, 0.25) is 0 Å². The number of aryl methyl sites for hydroxylation is 1. The van der Waals surface area contributed by atoms with Crippen molar-refractivity contribution in [2.75, 3.05) is 13.6 Å². The lowest BCUT2D eigenvalue weighted by Gasteiger charge is -1.96. The van der Waals surface area contributed by atoms with Crippen LogP contribution in [0.25, 0.3) is 11.5 Å². The van der Waals surface area contributed by atoms with Crippen LogP contribution in [0.3, 0.4) is 0 Å². The summed E-state index contributed by atoms with van der Waals surface area (Å²) in [6.07, 6.45) is 1.58. The molecule has 0 aliphatic heterocycles. The fourth-order valence-electron chi connectivity index (χ4n) is 1.64. The van der Waals surface area contributed by atoms with E-state index in [4.69, 9.17) is 4.42 Å². The second-order valence-electron chi connectivity index (χ2n) is 4.02. The normalized spacial score (nSPS) is 10.6. The summed E-state index contributed by atoms with van der Waals surface area (Å²) in [6, 6.07) is 6.15. The second kappa shape index (κ2) is 6.05. The van der Waals surface area contributed by atoms with Crippen molar-refractivity contribution in [2.45, 2.75) is 12.8 Å². The molecule has 1 aromatic heterocycles. The van der Waals surface area contributed by atoms with Gasteiger partial charge in [-0.05, 0) is 26.1 Å². The fourth-order valence-corrected chi connectivity index (χ4v) is 1.64. The molecule has 7 heteroatoms. The number of nitrogens with zero attached hydrogens (tertiary/aromatic N) is 3. The largest absolute Gasteiger partial charge is 0.421 e. The van der Waals surface area contributed by atoms with E-state index >= 15 is 0 Å². The van der Waals surface area contributed by atoms with Gasteiger partial charge in [-0.15, -0.1) is 10.2 Å². The first-order valence-corrected chi connectivity index (χ1v) is 5.92. The Kier molecular flexibility index (Phi) is 4.19. The highest BCUT2D eigenvalue weighted by molar-refractivity contribution is 5.57. The zero-order chi connectivity index (χ0) is 13.7. The molecule has 2 aromatic rings. The lowest BCUT2D eigenvalue weighted by Crippen LogP contribution is -2.08. The maximum atomic E-state index is 10.7. The molecule has 0 bridgehead atoms. The first kappa shape index (κ1) is 13.2. The average Bonchev–Trinajstić information content (AvgIpc) is 2.88. The van der Waals surface area contributed by atoms with Gasteiger partial charge in [0.25, 0.3) is 5.69 Å². The number of nitro groups is 1. The van der Waals surface area contributed by atoms with Gasteiger partial charge < -0.3 is 9.73 Å². The number of hydrogen-bond acceptors (Lipinski definition) is 6. The second-order valence-corrected chi connectivity index (χ2v) is 4.02. The van der Waals surface area contributed by atoms with E-state index in [0.717, 1.165) is 13.0 Å². The molecule has 0 radical (unpaired) electrons. The molecule has 100 valence electrons. The van der Waals surface area contributed by atoms with Crippen LogP contribution in [0.4, 0.5) is 5.69 Å². The number of hydrogen-bond donors (Lipinski definition) is 1. The molecule has 1 N–H and O–H groups in total. The third-order valence-electron chi connectivity index (χ3n) is 2.59.